The molecule has 8 heteroatoms. The third-order valence-electron chi connectivity index (χ3n) is 6.26. The molecule has 3 rings (SSSR count). The van der Waals surface area contributed by atoms with Crippen molar-refractivity contribution in [3.8, 4) is 0 Å². The summed E-state index contributed by atoms with van der Waals surface area (Å²) in [6, 6.07) is 8.06. The molecule has 1 aromatic carbocycles. The first-order chi connectivity index (χ1) is 15.9. The van der Waals surface area contributed by atoms with Crippen molar-refractivity contribution in [1.82, 2.24) is 15.1 Å². The fourth-order valence-corrected chi connectivity index (χ4v) is 4.45. The van der Waals surface area contributed by atoms with Gasteiger partial charge in [0.25, 0.3) is 0 Å². The van der Waals surface area contributed by atoms with Gasteiger partial charge in [0.1, 0.15) is 5.78 Å². The average molecular weight is 459 g/mol. The number of ketones is 1. The van der Waals surface area contributed by atoms with Crippen LogP contribution in [0.1, 0.15) is 51.5 Å². The molecular weight excluding hydrogens is 420 g/mol. The van der Waals surface area contributed by atoms with E-state index in [2.05, 4.69) is 32.6 Å². The third kappa shape index (κ3) is 9.23. The molecule has 0 bridgehead atoms. The number of nitrogens with zero attached hydrogens (tertiary/aromatic N) is 2. The Bertz CT molecular complexity index is 790. The summed E-state index contributed by atoms with van der Waals surface area (Å²) in [5.74, 6) is 0.0782. The van der Waals surface area contributed by atoms with Gasteiger partial charge in [0.15, 0.2) is 0 Å². The molecule has 2 aliphatic rings. The number of anilines is 1. The summed E-state index contributed by atoms with van der Waals surface area (Å²) in [6.45, 7) is 9.61. The van der Waals surface area contributed by atoms with Crippen molar-refractivity contribution in [1.29, 1.82) is 0 Å². The first-order valence-electron chi connectivity index (χ1n) is 12.1. The van der Waals surface area contributed by atoms with E-state index in [1.807, 2.05) is 12.1 Å². The van der Waals surface area contributed by atoms with Gasteiger partial charge in [0.05, 0.1) is 12.2 Å². The van der Waals surface area contributed by atoms with Gasteiger partial charge in [-0.2, -0.15) is 0 Å². The van der Waals surface area contributed by atoms with E-state index in [4.69, 9.17) is 4.74 Å². The van der Waals surface area contributed by atoms with Gasteiger partial charge in [-0.25, -0.2) is 0 Å². The molecule has 2 amide bonds. The van der Waals surface area contributed by atoms with Gasteiger partial charge in [-0.1, -0.05) is 12.1 Å². The summed E-state index contributed by atoms with van der Waals surface area (Å²) in [5, 5.41) is 5.75. The highest BCUT2D eigenvalue weighted by molar-refractivity contribution is 5.88. The van der Waals surface area contributed by atoms with E-state index in [0.29, 0.717) is 25.8 Å². The van der Waals surface area contributed by atoms with E-state index in [9.17, 15) is 14.4 Å². The maximum Gasteiger partial charge on any atom is 0.221 e. The number of hydrogen-bond donors (Lipinski definition) is 2. The Kier molecular flexibility index (Phi) is 9.84. The molecule has 0 aromatic heterocycles. The molecule has 2 fully saturated rings. The normalized spacial score (nSPS) is 21.6. The zero-order chi connectivity index (χ0) is 23.6. The molecule has 182 valence electrons. The minimum atomic E-state index is -0.0534. The Morgan fingerprint density at radius 2 is 1.61 bits per heavy atom. The standard InChI is InChI=1S/C25H38N4O4/c1-19(30)4-3-5-25(32)26-16-23-10-11-24(33-23)18-29-14-12-28(13-15-29)17-21-6-8-22(9-7-21)27-20(2)31/h6-9,23-24H,3-5,10-18H2,1-2H3,(H,26,32)(H,27,31). The number of benzene rings is 1. The zero-order valence-electron chi connectivity index (χ0n) is 20.0. The lowest BCUT2D eigenvalue weighted by Crippen LogP contribution is -2.48. The average Bonchev–Trinajstić information content (AvgIpc) is 3.22. The number of ether oxygens (including phenoxy) is 1. The Labute approximate surface area is 197 Å². The van der Waals surface area contributed by atoms with Crippen molar-refractivity contribution in [2.75, 3.05) is 44.6 Å². The predicted octanol–water partition coefficient (Wildman–Crippen LogP) is 2.19. The van der Waals surface area contributed by atoms with Gasteiger partial charge in [-0.05, 0) is 43.9 Å². The van der Waals surface area contributed by atoms with Gasteiger partial charge in [0.2, 0.25) is 11.8 Å². The van der Waals surface area contributed by atoms with E-state index in [0.717, 1.165) is 57.8 Å². The highest BCUT2D eigenvalue weighted by atomic mass is 16.5. The van der Waals surface area contributed by atoms with Crippen molar-refractivity contribution in [3.05, 3.63) is 29.8 Å². The second-order valence-electron chi connectivity index (χ2n) is 9.27. The van der Waals surface area contributed by atoms with Crippen molar-refractivity contribution >= 4 is 23.3 Å². The van der Waals surface area contributed by atoms with Crippen LogP contribution in [-0.2, 0) is 25.7 Å². The van der Waals surface area contributed by atoms with Crippen LogP contribution in [0.3, 0.4) is 0 Å². The third-order valence-corrected chi connectivity index (χ3v) is 6.26. The van der Waals surface area contributed by atoms with Crippen LogP contribution in [0.2, 0.25) is 0 Å². The molecule has 0 spiro atoms. The van der Waals surface area contributed by atoms with Crippen molar-refractivity contribution in [2.24, 2.45) is 0 Å². The summed E-state index contributed by atoms with van der Waals surface area (Å²) in [6.07, 6.45) is 3.82. The number of Topliss-reactive ketones (excluding diaryl/α,β-unsaturated/α-hetero) is 1. The van der Waals surface area contributed by atoms with E-state index >= 15 is 0 Å². The molecule has 0 aliphatic carbocycles. The van der Waals surface area contributed by atoms with Gasteiger partial charge in [-0.15, -0.1) is 0 Å². The molecule has 2 saturated heterocycles. The monoisotopic (exact) mass is 458 g/mol. The van der Waals surface area contributed by atoms with Crippen LogP contribution >= 0.6 is 0 Å². The quantitative estimate of drug-likeness (QED) is 0.528. The maximum atomic E-state index is 11.9. The molecule has 2 N–H and O–H groups in total. The van der Waals surface area contributed by atoms with Crippen molar-refractivity contribution in [2.45, 2.75) is 64.7 Å². The largest absolute Gasteiger partial charge is 0.372 e. The fourth-order valence-electron chi connectivity index (χ4n) is 4.45. The van der Waals surface area contributed by atoms with Crippen LogP contribution in [0, 0.1) is 0 Å². The maximum absolute atomic E-state index is 11.9. The predicted molar refractivity (Wildman–Crippen MR) is 128 cm³/mol. The molecule has 2 unspecified atom stereocenters. The smallest absolute Gasteiger partial charge is 0.221 e. The SMILES string of the molecule is CC(=O)CCCC(=O)NCC1CCC(CN2CCN(Cc3ccc(NC(C)=O)cc3)CC2)O1. The molecular formula is C25H38N4O4. The molecule has 33 heavy (non-hydrogen) atoms. The van der Waals surface area contributed by atoms with Gasteiger partial charge >= 0.3 is 0 Å². The summed E-state index contributed by atoms with van der Waals surface area (Å²) in [4.78, 5) is 38.9. The molecule has 8 nitrogen and oxygen atoms in total. The topological polar surface area (TPSA) is 91.0 Å². The molecule has 1 aromatic rings. The minimum Gasteiger partial charge on any atom is -0.372 e. The van der Waals surface area contributed by atoms with Gasteiger partial charge < -0.3 is 20.2 Å². The summed E-state index contributed by atoms with van der Waals surface area (Å²) >= 11 is 0. The first-order valence-corrected chi connectivity index (χ1v) is 12.1. The van der Waals surface area contributed by atoms with Crippen LogP contribution in [0.4, 0.5) is 5.69 Å². The van der Waals surface area contributed by atoms with Crippen LogP contribution < -0.4 is 10.6 Å². The second kappa shape index (κ2) is 12.8. The van der Waals surface area contributed by atoms with E-state index < -0.39 is 0 Å². The number of carbonyl (C=O) groups is 3. The Morgan fingerprint density at radius 1 is 0.939 bits per heavy atom. The number of amides is 2. The second-order valence-corrected chi connectivity index (χ2v) is 9.27. The molecule has 0 radical (unpaired) electrons. The van der Waals surface area contributed by atoms with Crippen molar-refractivity contribution < 1.29 is 19.1 Å². The van der Waals surface area contributed by atoms with E-state index in [1.165, 1.54) is 12.5 Å². The molecule has 2 aliphatic heterocycles. The van der Waals surface area contributed by atoms with Crippen LogP contribution in [0.25, 0.3) is 0 Å². The number of hydrogen-bond acceptors (Lipinski definition) is 6. The summed E-state index contributed by atoms with van der Waals surface area (Å²) in [5.41, 5.74) is 2.08. The van der Waals surface area contributed by atoms with Gasteiger partial charge in [-0.3, -0.25) is 19.4 Å². The number of piperazine rings is 1. The Balaban J connectivity index is 1.29. The highest BCUT2D eigenvalue weighted by Crippen LogP contribution is 2.21. The summed E-state index contributed by atoms with van der Waals surface area (Å²) < 4.78 is 6.16. The Morgan fingerprint density at radius 3 is 2.27 bits per heavy atom. The first kappa shape index (κ1) is 25.3. The lowest BCUT2D eigenvalue weighted by Gasteiger charge is -2.35. The van der Waals surface area contributed by atoms with Crippen LogP contribution in [-0.4, -0.2) is 78.9 Å². The lowest BCUT2D eigenvalue weighted by molar-refractivity contribution is -0.122. The van der Waals surface area contributed by atoms with Crippen LogP contribution in [0.15, 0.2) is 24.3 Å². The number of nitrogens with one attached hydrogen (secondary N) is 2. The molecule has 2 heterocycles. The highest BCUT2D eigenvalue weighted by Gasteiger charge is 2.28. The van der Waals surface area contributed by atoms with Crippen molar-refractivity contribution in [3.63, 3.8) is 0 Å². The molecule has 2 atom stereocenters. The number of rotatable bonds is 11. The van der Waals surface area contributed by atoms with E-state index in [-0.39, 0.29) is 29.8 Å². The lowest BCUT2D eigenvalue weighted by atomic mass is 10.1. The molecule has 0 saturated carbocycles. The van der Waals surface area contributed by atoms with Crippen LogP contribution in [0.5, 0.6) is 0 Å². The number of carbonyl (C=O) groups excluding carboxylic acids is 3. The van der Waals surface area contributed by atoms with Gasteiger partial charge in [0, 0.05) is 71.3 Å². The Hall–Kier alpha value is -2.29. The van der Waals surface area contributed by atoms with E-state index in [1.54, 1.807) is 6.92 Å². The zero-order valence-corrected chi connectivity index (χ0v) is 20.0. The minimum absolute atomic E-state index is 0.00387. The fraction of sp³-hybridized carbons (Fsp3) is 0.640. The summed E-state index contributed by atoms with van der Waals surface area (Å²) in [7, 11) is 0.